The quantitative estimate of drug-likeness (QED) is 0.859. The van der Waals surface area contributed by atoms with Gasteiger partial charge in [0, 0.05) is 12.8 Å². The van der Waals surface area contributed by atoms with Crippen LogP contribution < -0.4 is 0 Å². The van der Waals surface area contributed by atoms with Crippen molar-refractivity contribution in [2.75, 3.05) is 0 Å². The molecule has 0 N–H and O–H groups in total. The maximum absolute atomic E-state index is 14.2. The lowest BCUT2D eigenvalue weighted by molar-refractivity contribution is 0.121. The molecule has 2 aromatic rings. The van der Waals surface area contributed by atoms with E-state index in [1.165, 1.54) is 4.68 Å². The lowest BCUT2D eigenvalue weighted by Gasteiger charge is -2.11. The first-order valence-corrected chi connectivity index (χ1v) is 8.62. The second-order valence-corrected chi connectivity index (χ2v) is 7.85. The van der Waals surface area contributed by atoms with Gasteiger partial charge in [0.1, 0.15) is 5.25 Å². The highest BCUT2D eigenvalue weighted by Gasteiger charge is 2.66. The average molecular weight is 343 g/mol. The average Bonchev–Trinajstić information content (AvgIpc) is 2.87. The van der Waals surface area contributed by atoms with Gasteiger partial charge in [-0.25, -0.2) is 26.3 Å². The van der Waals surface area contributed by atoms with Crippen molar-refractivity contribution in [3.05, 3.63) is 41.7 Å². The molecule has 2 heterocycles. The van der Waals surface area contributed by atoms with Crippen LogP contribution in [0.15, 0.2) is 35.5 Å². The van der Waals surface area contributed by atoms with Crippen molar-refractivity contribution in [1.29, 1.82) is 0 Å². The molecule has 1 fully saturated rings. The van der Waals surface area contributed by atoms with E-state index in [1.807, 2.05) is 0 Å². The molecule has 0 radical (unpaired) electrons. The van der Waals surface area contributed by atoms with Crippen molar-refractivity contribution in [2.45, 2.75) is 41.4 Å². The SMILES string of the molecule is O=S(=O)(c1nc2n(n1)[C@H](c1ccccc1)C[C@@H]2F)C1CC1(F)F. The lowest BCUT2D eigenvalue weighted by atomic mass is 10.0. The maximum atomic E-state index is 14.2. The van der Waals surface area contributed by atoms with Crippen molar-refractivity contribution < 1.29 is 21.6 Å². The van der Waals surface area contributed by atoms with Crippen LogP contribution in [-0.2, 0) is 9.84 Å². The second kappa shape index (κ2) is 4.56. The van der Waals surface area contributed by atoms with Crippen molar-refractivity contribution in [1.82, 2.24) is 14.8 Å². The Morgan fingerprint density at radius 2 is 1.87 bits per heavy atom. The third kappa shape index (κ3) is 2.17. The van der Waals surface area contributed by atoms with E-state index < -0.39 is 44.8 Å². The summed E-state index contributed by atoms with van der Waals surface area (Å²) < 4.78 is 65.8. The zero-order valence-corrected chi connectivity index (χ0v) is 12.5. The highest BCUT2D eigenvalue weighted by Crippen LogP contribution is 2.49. The van der Waals surface area contributed by atoms with Crippen molar-refractivity contribution in [2.24, 2.45) is 0 Å². The molecule has 0 spiro atoms. The summed E-state index contributed by atoms with van der Waals surface area (Å²) in [4.78, 5) is 3.70. The molecule has 3 atom stereocenters. The zero-order chi connectivity index (χ0) is 16.4. The molecule has 1 saturated carbocycles. The highest BCUT2D eigenvalue weighted by molar-refractivity contribution is 7.92. The predicted molar refractivity (Wildman–Crippen MR) is 73.6 cm³/mol. The molecular formula is C14H12F3N3O2S. The van der Waals surface area contributed by atoms with E-state index in [9.17, 15) is 21.6 Å². The number of aromatic nitrogens is 3. The molecule has 23 heavy (non-hydrogen) atoms. The summed E-state index contributed by atoms with van der Waals surface area (Å²) in [7, 11) is -4.34. The predicted octanol–water partition coefficient (Wildman–Crippen LogP) is 2.46. The van der Waals surface area contributed by atoms with E-state index >= 15 is 0 Å². The van der Waals surface area contributed by atoms with Gasteiger partial charge in [-0.1, -0.05) is 30.3 Å². The van der Waals surface area contributed by atoms with Gasteiger partial charge in [0.05, 0.1) is 6.04 Å². The molecule has 0 amide bonds. The molecule has 4 rings (SSSR count). The molecule has 0 bridgehead atoms. The molecule has 9 heteroatoms. The second-order valence-electron chi connectivity index (χ2n) is 5.83. The van der Waals surface area contributed by atoms with Gasteiger partial charge in [-0.3, -0.25) is 0 Å². The third-order valence-electron chi connectivity index (χ3n) is 4.23. The van der Waals surface area contributed by atoms with Gasteiger partial charge in [-0.05, 0) is 5.56 Å². The van der Waals surface area contributed by atoms with Gasteiger partial charge >= 0.3 is 0 Å². The number of hydrogen-bond acceptors (Lipinski definition) is 4. The maximum Gasteiger partial charge on any atom is 0.267 e. The first-order chi connectivity index (χ1) is 10.8. The Labute approximate surface area is 130 Å². The first kappa shape index (κ1) is 14.7. The fourth-order valence-electron chi connectivity index (χ4n) is 2.88. The zero-order valence-electron chi connectivity index (χ0n) is 11.7. The van der Waals surface area contributed by atoms with Crippen LogP contribution in [0.25, 0.3) is 0 Å². The van der Waals surface area contributed by atoms with Crippen LogP contribution >= 0.6 is 0 Å². The number of nitrogens with zero attached hydrogens (tertiary/aromatic N) is 3. The summed E-state index contributed by atoms with van der Waals surface area (Å²) in [5, 5.41) is 1.33. The smallest absolute Gasteiger partial charge is 0.239 e. The number of benzene rings is 1. The number of alkyl halides is 3. The van der Waals surface area contributed by atoms with Crippen LogP contribution in [0.5, 0.6) is 0 Å². The molecular weight excluding hydrogens is 331 g/mol. The molecule has 1 aliphatic heterocycles. The van der Waals surface area contributed by atoms with E-state index in [0.717, 1.165) is 5.56 Å². The molecule has 1 aliphatic carbocycles. The minimum atomic E-state index is -4.34. The first-order valence-electron chi connectivity index (χ1n) is 7.08. The summed E-state index contributed by atoms with van der Waals surface area (Å²) in [5.41, 5.74) is 0.763. The molecule has 1 unspecified atom stereocenters. The van der Waals surface area contributed by atoms with Gasteiger partial charge in [0.2, 0.25) is 9.84 Å². The summed E-state index contributed by atoms with van der Waals surface area (Å²) in [6.45, 7) is 0. The fraction of sp³-hybridized carbons (Fsp3) is 0.429. The Kier molecular flexibility index (Phi) is 2.91. The van der Waals surface area contributed by atoms with E-state index in [-0.39, 0.29) is 12.2 Å². The van der Waals surface area contributed by atoms with Crippen LogP contribution in [0.2, 0.25) is 0 Å². The Bertz CT molecular complexity index is 867. The van der Waals surface area contributed by atoms with Gasteiger partial charge in [-0.15, -0.1) is 5.10 Å². The normalized spacial score (nSPS) is 28.6. The lowest BCUT2D eigenvalue weighted by Crippen LogP contribution is -2.17. The minimum absolute atomic E-state index is 0.0965. The molecule has 1 aromatic carbocycles. The van der Waals surface area contributed by atoms with Gasteiger partial charge in [-0.2, -0.15) is 4.98 Å². The number of halogens is 3. The number of fused-ring (bicyclic) bond motifs is 1. The van der Waals surface area contributed by atoms with Gasteiger partial charge in [0.15, 0.2) is 12.0 Å². The summed E-state index contributed by atoms with van der Waals surface area (Å²) in [6.07, 6.45) is -2.11. The van der Waals surface area contributed by atoms with Crippen LogP contribution in [0.4, 0.5) is 13.2 Å². The monoisotopic (exact) mass is 343 g/mol. The Morgan fingerprint density at radius 3 is 2.48 bits per heavy atom. The Balaban J connectivity index is 1.74. The number of rotatable bonds is 3. The summed E-state index contributed by atoms with van der Waals surface area (Å²) in [6, 6.07) is 8.42. The number of sulfone groups is 1. The highest BCUT2D eigenvalue weighted by atomic mass is 32.2. The van der Waals surface area contributed by atoms with Crippen LogP contribution in [0.3, 0.4) is 0 Å². The Morgan fingerprint density at radius 1 is 1.22 bits per heavy atom. The van der Waals surface area contributed by atoms with Gasteiger partial charge in [0.25, 0.3) is 11.1 Å². The standard InChI is InChI=1S/C14H12F3N3O2S/c15-9-6-10(8-4-2-1-3-5-8)20-12(9)18-13(19-20)23(21,22)11-7-14(11,16)17/h1-5,9-11H,6-7H2/t9-,10-,11?/m0/s1. The van der Waals surface area contributed by atoms with Crippen LogP contribution in [0.1, 0.15) is 36.4 Å². The Hall–Kier alpha value is -1.90. The molecule has 122 valence electrons. The van der Waals surface area contributed by atoms with E-state index in [1.54, 1.807) is 30.3 Å². The number of hydrogen-bond donors (Lipinski definition) is 0. The summed E-state index contributed by atoms with van der Waals surface area (Å²) in [5.74, 6) is -3.37. The largest absolute Gasteiger partial charge is 0.267 e. The van der Waals surface area contributed by atoms with Crippen molar-refractivity contribution >= 4 is 9.84 Å². The van der Waals surface area contributed by atoms with Crippen LogP contribution in [0, 0.1) is 0 Å². The molecule has 0 saturated heterocycles. The van der Waals surface area contributed by atoms with Crippen molar-refractivity contribution in [3.63, 3.8) is 0 Å². The fourth-order valence-corrected chi connectivity index (χ4v) is 4.46. The van der Waals surface area contributed by atoms with Gasteiger partial charge < -0.3 is 0 Å². The topological polar surface area (TPSA) is 64.8 Å². The molecule has 1 aromatic heterocycles. The van der Waals surface area contributed by atoms with E-state index in [2.05, 4.69) is 10.1 Å². The molecule has 2 aliphatic rings. The van der Waals surface area contributed by atoms with Crippen molar-refractivity contribution in [3.8, 4) is 0 Å². The molecule has 5 nitrogen and oxygen atoms in total. The third-order valence-corrected chi connectivity index (χ3v) is 6.17. The van der Waals surface area contributed by atoms with Crippen LogP contribution in [-0.4, -0.2) is 34.4 Å². The van der Waals surface area contributed by atoms with E-state index in [0.29, 0.717) is 0 Å². The minimum Gasteiger partial charge on any atom is -0.239 e. The summed E-state index contributed by atoms with van der Waals surface area (Å²) >= 11 is 0. The van der Waals surface area contributed by atoms with E-state index in [4.69, 9.17) is 0 Å².